The van der Waals surface area contributed by atoms with Gasteiger partial charge < -0.3 is 9.64 Å². The maximum atomic E-state index is 11.6. The second kappa shape index (κ2) is 6.00. The van der Waals surface area contributed by atoms with E-state index in [1.807, 2.05) is 6.26 Å². The van der Waals surface area contributed by atoms with Crippen molar-refractivity contribution in [2.24, 2.45) is 5.92 Å². The molecule has 1 aliphatic heterocycles. The minimum atomic E-state index is -0.199. The Morgan fingerprint density at radius 1 is 1.53 bits per heavy atom. The summed E-state index contributed by atoms with van der Waals surface area (Å²) in [4.78, 5) is 24.6. The number of carbonyl (C=O) groups excluding carboxylic acids is 2. The molecule has 1 saturated heterocycles. The van der Waals surface area contributed by atoms with E-state index in [0.717, 1.165) is 12.2 Å². The molecule has 1 aliphatic rings. The Morgan fingerprint density at radius 3 is 2.87 bits per heavy atom. The van der Waals surface area contributed by atoms with Crippen molar-refractivity contribution in [3.63, 3.8) is 0 Å². The molecule has 15 heavy (non-hydrogen) atoms. The minimum absolute atomic E-state index is 0.117. The molecule has 0 saturated carbocycles. The van der Waals surface area contributed by atoms with Crippen LogP contribution in [0.25, 0.3) is 0 Å². The summed E-state index contributed by atoms with van der Waals surface area (Å²) in [5.74, 6) is 0.678. The van der Waals surface area contributed by atoms with Crippen LogP contribution in [0.2, 0.25) is 0 Å². The first-order chi connectivity index (χ1) is 7.19. The van der Waals surface area contributed by atoms with Gasteiger partial charge in [0.05, 0.1) is 13.0 Å². The van der Waals surface area contributed by atoms with Gasteiger partial charge in [0.2, 0.25) is 5.91 Å². The molecule has 0 spiro atoms. The van der Waals surface area contributed by atoms with Crippen LogP contribution in [0.15, 0.2) is 0 Å². The second-order valence-electron chi connectivity index (χ2n) is 3.59. The Labute approximate surface area is 94.3 Å². The van der Waals surface area contributed by atoms with E-state index in [2.05, 4.69) is 4.74 Å². The standard InChI is InChI=1S/C10H17NO3S/c1-14-10(13)8-3-5-11(7-8)9(12)4-6-15-2/h8H,3-7H2,1-2H3. The highest BCUT2D eigenvalue weighted by atomic mass is 32.2. The number of amides is 1. The molecule has 0 aromatic rings. The number of methoxy groups -OCH3 is 1. The van der Waals surface area contributed by atoms with Gasteiger partial charge in [-0.25, -0.2) is 0 Å². The highest BCUT2D eigenvalue weighted by Gasteiger charge is 2.31. The molecule has 1 unspecified atom stereocenters. The molecule has 1 fully saturated rings. The molecule has 1 rings (SSSR count). The monoisotopic (exact) mass is 231 g/mol. The summed E-state index contributed by atoms with van der Waals surface area (Å²) >= 11 is 1.66. The van der Waals surface area contributed by atoms with Crippen molar-refractivity contribution in [1.29, 1.82) is 0 Å². The molecule has 0 radical (unpaired) electrons. The van der Waals surface area contributed by atoms with Gasteiger partial charge in [0.15, 0.2) is 0 Å². The normalized spacial score (nSPS) is 20.4. The summed E-state index contributed by atoms with van der Waals surface area (Å²) in [5.41, 5.74) is 0. The summed E-state index contributed by atoms with van der Waals surface area (Å²) in [6.45, 7) is 1.22. The molecule has 1 heterocycles. The predicted molar refractivity (Wildman–Crippen MR) is 59.7 cm³/mol. The number of ether oxygens (including phenoxy) is 1. The molecule has 1 amide bonds. The summed E-state index contributed by atoms with van der Waals surface area (Å²) in [7, 11) is 1.39. The fraction of sp³-hybridized carbons (Fsp3) is 0.800. The largest absolute Gasteiger partial charge is 0.469 e. The molecule has 5 heteroatoms. The van der Waals surface area contributed by atoms with Crippen molar-refractivity contribution < 1.29 is 14.3 Å². The van der Waals surface area contributed by atoms with Crippen LogP contribution in [0.3, 0.4) is 0 Å². The average molecular weight is 231 g/mol. The smallest absolute Gasteiger partial charge is 0.310 e. The first kappa shape index (κ1) is 12.4. The number of thioether (sulfide) groups is 1. The van der Waals surface area contributed by atoms with E-state index in [-0.39, 0.29) is 17.8 Å². The third-order valence-corrected chi connectivity index (χ3v) is 3.21. The van der Waals surface area contributed by atoms with Crippen LogP contribution in [0.4, 0.5) is 0 Å². The van der Waals surface area contributed by atoms with E-state index in [0.29, 0.717) is 19.5 Å². The van der Waals surface area contributed by atoms with Gasteiger partial charge in [-0.3, -0.25) is 9.59 Å². The number of esters is 1. The molecule has 86 valence electrons. The molecule has 4 nitrogen and oxygen atoms in total. The Kier molecular flexibility index (Phi) is 4.94. The van der Waals surface area contributed by atoms with Crippen LogP contribution in [-0.2, 0) is 14.3 Å². The molecule has 0 aromatic carbocycles. The molecule has 0 aromatic heterocycles. The average Bonchev–Trinajstić information content (AvgIpc) is 2.74. The zero-order valence-corrected chi connectivity index (χ0v) is 10.0. The number of nitrogens with zero attached hydrogens (tertiary/aromatic N) is 1. The van der Waals surface area contributed by atoms with E-state index in [9.17, 15) is 9.59 Å². The van der Waals surface area contributed by atoms with Gasteiger partial charge >= 0.3 is 5.97 Å². The SMILES string of the molecule is COC(=O)C1CCN(C(=O)CCSC)C1. The van der Waals surface area contributed by atoms with Crippen molar-refractivity contribution in [3.05, 3.63) is 0 Å². The maximum Gasteiger partial charge on any atom is 0.310 e. The summed E-state index contributed by atoms with van der Waals surface area (Å²) in [6, 6.07) is 0. The quantitative estimate of drug-likeness (QED) is 0.670. The third kappa shape index (κ3) is 3.41. The van der Waals surface area contributed by atoms with E-state index in [1.165, 1.54) is 7.11 Å². The number of carbonyl (C=O) groups is 2. The van der Waals surface area contributed by atoms with Gasteiger partial charge in [-0.15, -0.1) is 0 Å². The lowest BCUT2D eigenvalue weighted by atomic mass is 10.1. The fourth-order valence-electron chi connectivity index (χ4n) is 1.69. The maximum absolute atomic E-state index is 11.6. The van der Waals surface area contributed by atoms with Gasteiger partial charge in [0.25, 0.3) is 0 Å². The van der Waals surface area contributed by atoms with Gasteiger partial charge in [-0.1, -0.05) is 0 Å². The van der Waals surface area contributed by atoms with E-state index in [4.69, 9.17) is 0 Å². The number of rotatable bonds is 4. The minimum Gasteiger partial charge on any atom is -0.469 e. The van der Waals surface area contributed by atoms with Crippen molar-refractivity contribution in [1.82, 2.24) is 4.90 Å². The zero-order chi connectivity index (χ0) is 11.3. The second-order valence-corrected chi connectivity index (χ2v) is 4.58. The molecular weight excluding hydrogens is 214 g/mol. The zero-order valence-electron chi connectivity index (χ0n) is 9.19. The Bertz CT molecular complexity index is 245. The summed E-state index contributed by atoms with van der Waals surface area (Å²) in [6.07, 6.45) is 3.28. The molecule has 0 aliphatic carbocycles. The first-order valence-corrected chi connectivity index (χ1v) is 6.43. The summed E-state index contributed by atoms with van der Waals surface area (Å²) in [5, 5.41) is 0. The van der Waals surface area contributed by atoms with Crippen LogP contribution in [0, 0.1) is 5.92 Å². The Morgan fingerprint density at radius 2 is 2.27 bits per heavy atom. The van der Waals surface area contributed by atoms with Crippen LogP contribution in [0.1, 0.15) is 12.8 Å². The Balaban J connectivity index is 2.35. The van der Waals surface area contributed by atoms with Crippen molar-refractivity contribution in [3.8, 4) is 0 Å². The van der Waals surface area contributed by atoms with Crippen molar-refractivity contribution in [2.45, 2.75) is 12.8 Å². The molecular formula is C10H17NO3S. The molecule has 0 bridgehead atoms. The van der Waals surface area contributed by atoms with E-state index < -0.39 is 0 Å². The van der Waals surface area contributed by atoms with Crippen LogP contribution in [0.5, 0.6) is 0 Å². The van der Waals surface area contributed by atoms with E-state index >= 15 is 0 Å². The van der Waals surface area contributed by atoms with Crippen molar-refractivity contribution in [2.75, 3.05) is 32.2 Å². The van der Waals surface area contributed by atoms with Crippen LogP contribution in [-0.4, -0.2) is 49.0 Å². The Hall–Kier alpha value is -0.710. The predicted octanol–water partition coefficient (Wildman–Crippen LogP) is 0.761. The number of hydrogen-bond acceptors (Lipinski definition) is 4. The molecule has 1 atom stereocenters. The van der Waals surface area contributed by atoms with Crippen LogP contribution < -0.4 is 0 Å². The van der Waals surface area contributed by atoms with Gasteiger partial charge in [-0.05, 0) is 12.7 Å². The molecule has 0 N–H and O–H groups in total. The van der Waals surface area contributed by atoms with Gasteiger partial charge in [0.1, 0.15) is 0 Å². The number of hydrogen-bond donors (Lipinski definition) is 0. The lowest BCUT2D eigenvalue weighted by Gasteiger charge is -2.15. The fourth-order valence-corrected chi connectivity index (χ4v) is 2.07. The first-order valence-electron chi connectivity index (χ1n) is 5.03. The van der Waals surface area contributed by atoms with Crippen molar-refractivity contribution >= 4 is 23.6 Å². The third-order valence-electron chi connectivity index (χ3n) is 2.60. The topological polar surface area (TPSA) is 46.6 Å². The lowest BCUT2D eigenvalue weighted by Crippen LogP contribution is -2.30. The number of likely N-dealkylation sites (tertiary alicyclic amines) is 1. The van der Waals surface area contributed by atoms with Gasteiger partial charge in [-0.2, -0.15) is 11.8 Å². The highest BCUT2D eigenvalue weighted by Crippen LogP contribution is 2.18. The highest BCUT2D eigenvalue weighted by molar-refractivity contribution is 7.98. The lowest BCUT2D eigenvalue weighted by molar-refractivity contribution is -0.145. The van der Waals surface area contributed by atoms with Gasteiger partial charge in [0, 0.05) is 25.3 Å². The van der Waals surface area contributed by atoms with E-state index in [1.54, 1.807) is 16.7 Å². The van der Waals surface area contributed by atoms with Crippen LogP contribution >= 0.6 is 11.8 Å². The summed E-state index contributed by atoms with van der Waals surface area (Å²) < 4.78 is 4.66.